The number of carbonyl (C=O) groups is 2. The standard InChI is InChI=1S/C17H21N3O6/c1-24-12-8-11(9-13(25-2)17(12)26-3)4-5-15(21)18-14-6-7-20(19-14)10-16(22)23/h6-9H,4-5,10H2,1-3H3,(H,22,23)(H,18,19,21). The molecule has 2 rings (SSSR count). The van der Waals surface area contributed by atoms with Crippen molar-refractivity contribution in [2.24, 2.45) is 0 Å². The molecule has 26 heavy (non-hydrogen) atoms. The van der Waals surface area contributed by atoms with E-state index in [1.165, 1.54) is 32.2 Å². The minimum Gasteiger partial charge on any atom is -0.493 e. The van der Waals surface area contributed by atoms with Crippen LogP contribution in [0.3, 0.4) is 0 Å². The molecule has 0 saturated heterocycles. The molecular formula is C17H21N3O6. The van der Waals surface area contributed by atoms with Crippen LogP contribution in [0.2, 0.25) is 0 Å². The van der Waals surface area contributed by atoms with Gasteiger partial charge in [-0.3, -0.25) is 14.3 Å². The SMILES string of the molecule is COc1cc(CCC(=O)Nc2ccn(CC(=O)O)n2)cc(OC)c1OC. The second-order valence-corrected chi connectivity index (χ2v) is 5.37. The number of aromatic nitrogens is 2. The molecule has 1 heterocycles. The highest BCUT2D eigenvalue weighted by Gasteiger charge is 2.14. The number of hydrogen-bond acceptors (Lipinski definition) is 6. The van der Waals surface area contributed by atoms with Gasteiger partial charge >= 0.3 is 5.97 Å². The number of carbonyl (C=O) groups excluding carboxylic acids is 1. The number of carboxylic acid groups (broad SMARTS) is 1. The second-order valence-electron chi connectivity index (χ2n) is 5.37. The molecule has 2 N–H and O–H groups in total. The molecule has 140 valence electrons. The predicted octanol–water partition coefficient (Wildman–Crippen LogP) is 1.56. The lowest BCUT2D eigenvalue weighted by molar-refractivity contribution is -0.137. The summed E-state index contributed by atoms with van der Waals surface area (Å²) < 4.78 is 17.1. The molecule has 0 atom stereocenters. The van der Waals surface area contributed by atoms with Crippen molar-refractivity contribution >= 4 is 17.7 Å². The maximum absolute atomic E-state index is 12.1. The van der Waals surface area contributed by atoms with Crippen LogP contribution in [0.15, 0.2) is 24.4 Å². The molecule has 1 amide bonds. The van der Waals surface area contributed by atoms with E-state index in [1.54, 1.807) is 18.2 Å². The van der Waals surface area contributed by atoms with E-state index in [-0.39, 0.29) is 18.9 Å². The van der Waals surface area contributed by atoms with E-state index in [4.69, 9.17) is 19.3 Å². The van der Waals surface area contributed by atoms with E-state index in [2.05, 4.69) is 10.4 Å². The van der Waals surface area contributed by atoms with E-state index in [1.807, 2.05) is 0 Å². The van der Waals surface area contributed by atoms with Crippen LogP contribution < -0.4 is 19.5 Å². The molecule has 0 saturated carbocycles. The average molecular weight is 363 g/mol. The summed E-state index contributed by atoms with van der Waals surface area (Å²) in [6, 6.07) is 5.12. The minimum absolute atomic E-state index is 0.213. The molecule has 1 aromatic carbocycles. The smallest absolute Gasteiger partial charge is 0.325 e. The zero-order valence-corrected chi connectivity index (χ0v) is 14.8. The lowest BCUT2D eigenvalue weighted by atomic mass is 10.1. The monoisotopic (exact) mass is 363 g/mol. The number of aryl methyl sites for hydroxylation is 1. The van der Waals surface area contributed by atoms with Crippen molar-refractivity contribution in [3.8, 4) is 17.2 Å². The summed E-state index contributed by atoms with van der Waals surface area (Å²) >= 11 is 0. The van der Waals surface area contributed by atoms with Crippen molar-refractivity contribution in [2.75, 3.05) is 26.6 Å². The number of hydrogen-bond donors (Lipinski definition) is 2. The van der Waals surface area contributed by atoms with Crippen LogP contribution in [0.5, 0.6) is 17.2 Å². The number of rotatable bonds is 9. The third kappa shape index (κ3) is 4.88. The van der Waals surface area contributed by atoms with Gasteiger partial charge in [0.2, 0.25) is 11.7 Å². The Morgan fingerprint density at radius 1 is 1.15 bits per heavy atom. The Morgan fingerprint density at radius 2 is 1.81 bits per heavy atom. The summed E-state index contributed by atoms with van der Waals surface area (Å²) in [6.07, 6.45) is 2.16. The molecule has 0 bridgehead atoms. The summed E-state index contributed by atoms with van der Waals surface area (Å²) in [4.78, 5) is 22.7. The summed E-state index contributed by atoms with van der Waals surface area (Å²) in [5.74, 6) is 0.602. The van der Waals surface area contributed by atoms with Gasteiger partial charge in [-0.25, -0.2) is 0 Å². The first-order chi connectivity index (χ1) is 12.5. The third-order valence-electron chi connectivity index (χ3n) is 3.57. The van der Waals surface area contributed by atoms with E-state index >= 15 is 0 Å². The number of amides is 1. The quantitative estimate of drug-likeness (QED) is 0.695. The third-order valence-corrected chi connectivity index (χ3v) is 3.57. The van der Waals surface area contributed by atoms with Crippen LogP contribution in [0.1, 0.15) is 12.0 Å². The minimum atomic E-state index is -1.01. The first-order valence-electron chi connectivity index (χ1n) is 7.80. The fourth-order valence-corrected chi connectivity index (χ4v) is 2.40. The van der Waals surface area contributed by atoms with Crippen LogP contribution >= 0.6 is 0 Å². The van der Waals surface area contributed by atoms with Gasteiger partial charge in [-0.05, 0) is 24.1 Å². The average Bonchev–Trinajstić information content (AvgIpc) is 3.04. The van der Waals surface area contributed by atoms with E-state index < -0.39 is 5.97 Å². The van der Waals surface area contributed by atoms with E-state index in [0.717, 1.165) is 5.56 Å². The van der Waals surface area contributed by atoms with Crippen LogP contribution in [0, 0.1) is 0 Å². The topological polar surface area (TPSA) is 112 Å². The van der Waals surface area contributed by atoms with E-state index in [0.29, 0.717) is 29.5 Å². The fraction of sp³-hybridized carbons (Fsp3) is 0.353. The van der Waals surface area contributed by atoms with Gasteiger partial charge in [-0.1, -0.05) is 0 Å². The summed E-state index contributed by atoms with van der Waals surface area (Å²) in [5, 5.41) is 15.3. The zero-order chi connectivity index (χ0) is 19.1. The van der Waals surface area contributed by atoms with Crippen LogP contribution in [-0.4, -0.2) is 48.1 Å². The molecule has 0 aliphatic rings. The summed E-state index contributed by atoms with van der Waals surface area (Å²) in [5.41, 5.74) is 0.853. The predicted molar refractivity (Wildman–Crippen MR) is 92.9 cm³/mol. The van der Waals surface area contributed by atoms with Gasteiger partial charge in [0.05, 0.1) is 21.3 Å². The van der Waals surface area contributed by atoms with Crippen molar-refractivity contribution in [3.05, 3.63) is 30.0 Å². The number of methoxy groups -OCH3 is 3. The maximum atomic E-state index is 12.1. The first kappa shape index (κ1) is 19.1. The Kier molecular flexibility index (Phi) is 6.42. The highest BCUT2D eigenvalue weighted by atomic mass is 16.5. The number of ether oxygens (including phenoxy) is 3. The Labute approximate surface area is 150 Å². The number of carboxylic acids is 1. The van der Waals surface area contributed by atoms with Crippen LogP contribution in [0.25, 0.3) is 0 Å². The van der Waals surface area contributed by atoms with Crippen molar-refractivity contribution in [1.29, 1.82) is 0 Å². The van der Waals surface area contributed by atoms with Gasteiger partial charge < -0.3 is 24.6 Å². The first-order valence-corrected chi connectivity index (χ1v) is 7.80. The molecular weight excluding hydrogens is 342 g/mol. The molecule has 0 aliphatic carbocycles. The van der Waals surface area contributed by atoms with Gasteiger partial charge in [-0.2, -0.15) is 5.10 Å². The van der Waals surface area contributed by atoms with E-state index in [9.17, 15) is 9.59 Å². The van der Waals surface area contributed by atoms with Gasteiger partial charge in [0.15, 0.2) is 17.3 Å². The van der Waals surface area contributed by atoms with Crippen molar-refractivity contribution in [3.63, 3.8) is 0 Å². The molecule has 0 radical (unpaired) electrons. The number of benzene rings is 1. The van der Waals surface area contributed by atoms with Crippen molar-refractivity contribution < 1.29 is 28.9 Å². The molecule has 0 fully saturated rings. The molecule has 9 nitrogen and oxygen atoms in total. The molecule has 9 heteroatoms. The number of nitrogens with zero attached hydrogens (tertiary/aromatic N) is 2. The molecule has 0 spiro atoms. The Morgan fingerprint density at radius 3 is 2.35 bits per heavy atom. The normalized spacial score (nSPS) is 10.3. The molecule has 0 aliphatic heterocycles. The van der Waals surface area contributed by atoms with Crippen LogP contribution in [-0.2, 0) is 22.6 Å². The molecule has 2 aromatic rings. The lowest BCUT2D eigenvalue weighted by Crippen LogP contribution is -2.14. The van der Waals surface area contributed by atoms with Gasteiger partial charge in [0.25, 0.3) is 0 Å². The summed E-state index contributed by atoms with van der Waals surface area (Å²) in [7, 11) is 4.58. The maximum Gasteiger partial charge on any atom is 0.325 e. The van der Waals surface area contributed by atoms with Crippen molar-refractivity contribution in [2.45, 2.75) is 19.4 Å². The highest BCUT2D eigenvalue weighted by molar-refractivity contribution is 5.89. The fourth-order valence-electron chi connectivity index (χ4n) is 2.40. The number of aliphatic carboxylic acids is 1. The molecule has 0 unspecified atom stereocenters. The Bertz CT molecular complexity index is 762. The lowest BCUT2D eigenvalue weighted by Gasteiger charge is -2.14. The Hall–Kier alpha value is -3.23. The van der Waals surface area contributed by atoms with Gasteiger partial charge in [0, 0.05) is 18.7 Å². The number of anilines is 1. The second kappa shape index (κ2) is 8.75. The van der Waals surface area contributed by atoms with Crippen molar-refractivity contribution in [1.82, 2.24) is 9.78 Å². The zero-order valence-electron chi connectivity index (χ0n) is 14.8. The van der Waals surface area contributed by atoms with Gasteiger partial charge in [-0.15, -0.1) is 0 Å². The highest BCUT2D eigenvalue weighted by Crippen LogP contribution is 2.38. The summed E-state index contributed by atoms with van der Waals surface area (Å²) in [6.45, 7) is -0.263. The van der Waals surface area contributed by atoms with Gasteiger partial charge in [0.1, 0.15) is 6.54 Å². The largest absolute Gasteiger partial charge is 0.493 e. The Balaban J connectivity index is 1.98. The number of nitrogens with one attached hydrogen (secondary N) is 1. The van der Waals surface area contributed by atoms with Crippen LogP contribution in [0.4, 0.5) is 5.82 Å². The molecule has 1 aromatic heterocycles.